The maximum atomic E-state index is 5.84. The Morgan fingerprint density at radius 3 is 2.10 bits per heavy atom. The number of anilines is 1. The van der Waals surface area contributed by atoms with E-state index in [1.807, 2.05) is 12.1 Å². The molecule has 31 heavy (non-hydrogen) atoms. The number of piperazine rings is 1. The Labute approximate surface area is 190 Å². The Morgan fingerprint density at radius 1 is 0.871 bits per heavy atom. The van der Waals surface area contributed by atoms with Crippen molar-refractivity contribution in [1.82, 2.24) is 10.2 Å². The summed E-state index contributed by atoms with van der Waals surface area (Å²) >= 11 is 5.84. The molecule has 5 heteroatoms. The van der Waals surface area contributed by atoms with Gasteiger partial charge in [-0.2, -0.15) is 0 Å². The van der Waals surface area contributed by atoms with Gasteiger partial charge in [0.25, 0.3) is 0 Å². The highest BCUT2D eigenvalue weighted by molar-refractivity contribution is 7.80. The Balaban J connectivity index is 1.41. The largest absolute Gasteiger partial charge is 0.497 e. The van der Waals surface area contributed by atoms with E-state index < -0.39 is 0 Å². The molecule has 1 saturated heterocycles. The van der Waals surface area contributed by atoms with Crippen molar-refractivity contribution in [3.8, 4) is 5.75 Å². The molecule has 1 N–H and O–H groups in total. The van der Waals surface area contributed by atoms with E-state index in [1.165, 1.54) is 16.8 Å². The van der Waals surface area contributed by atoms with E-state index in [0.717, 1.165) is 43.5 Å². The molecule has 4 rings (SSSR count). The summed E-state index contributed by atoms with van der Waals surface area (Å²) in [6.45, 7) is 3.79. The average molecular weight is 432 g/mol. The van der Waals surface area contributed by atoms with E-state index in [0.29, 0.717) is 0 Å². The van der Waals surface area contributed by atoms with Gasteiger partial charge >= 0.3 is 0 Å². The zero-order chi connectivity index (χ0) is 21.5. The van der Waals surface area contributed by atoms with Crippen LogP contribution in [-0.4, -0.2) is 43.3 Å². The minimum atomic E-state index is 0.120. The van der Waals surface area contributed by atoms with Gasteiger partial charge in [-0.25, -0.2) is 0 Å². The lowest BCUT2D eigenvalue weighted by molar-refractivity contribution is 0.374. The van der Waals surface area contributed by atoms with Crippen molar-refractivity contribution in [1.29, 1.82) is 0 Å². The highest BCUT2D eigenvalue weighted by Gasteiger charge is 2.22. The molecule has 0 saturated carbocycles. The molecule has 1 aliphatic rings. The molecule has 3 aromatic carbocycles. The first kappa shape index (κ1) is 21.2. The molecule has 0 aromatic heterocycles. The summed E-state index contributed by atoms with van der Waals surface area (Å²) in [6.07, 6.45) is 0.859. The van der Waals surface area contributed by atoms with Crippen molar-refractivity contribution in [3.05, 3.63) is 96.1 Å². The van der Waals surface area contributed by atoms with Gasteiger partial charge in [-0.15, -0.1) is 0 Å². The van der Waals surface area contributed by atoms with Crippen molar-refractivity contribution in [2.45, 2.75) is 12.5 Å². The fourth-order valence-corrected chi connectivity index (χ4v) is 4.31. The van der Waals surface area contributed by atoms with Crippen LogP contribution in [0.3, 0.4) is 0 Å². The van der Waals surface area contributed by atoms with Crippen LogP contribution in [-0.2, 0) is 6.42 Å². The molecule has 0 aliphatic carbocycles. The lowest BCUT2D eigenvalue weighted by Gasteiger charge is -2.38. The monoisotopic (exact) mass is 431 g/mol. The maximum absolute atomic E-state index is 5.84. The van der Waals surface area contributed by atoms with E-state index in [2.05, 4.69) is 87.9 Å². The number of thiocarbonyl (C=S) groups is 1. The van der Waals surface area contributed by atoms with Crippen LogP contribution in [0, 0.1) is 0 Å². The number of nitrogens with one attached hydrogen (secondary N) is 1. The first-order valence-corrected chi connectivity index (χ1v) is 11.2. The van der Waals surface area contributed by atoms with Gasteiger partial charge in [-0.3, -0.25) is 0 Å². The summed E-state index contributed by atoms with van der Waals surface area (Å²) in [6, 6.07) is 29.5. The molecular weight excluding hydrogens is 402 g/mol. The first-order valence-electron chi connectivity index (χ1n) is 10.8. The van der Waals surface area contributed by atoms with Crippen LogP contribution < -0.4 is 15.0 Å². The molecule has 4 nitrogen and oxygen atoms in total. The summed E-state index contributed by atoms with van der Waals surface area (Å²) < 4.78 is 5.30. The standard InChI is InChI=1S/C26H29N3OS/c1-30-24-14-12-21(13-15-24)20-25(22-8-4-2-5-9-22)27-26(31)29-18-16-28(17-19-29)23-10-6-3-7-11-23/h2-15,25H,16-20H2,1H3,(H,27,31). The normalized spacial score (nSPS) is 14.7. The minimum Gasteiger partial charge on any atom is -0.497 e. The summed E-state index contributed by atoms with van der Waals surface area (Å²) in [5.41, 5.74) is 3.77. The van der Waals surface area contributed by atoms with Crippen LogP contribution in [0.5, 0.6) is 5.75 Å². The van der Waals surface area contributed by atoms with Crippen molar-refractivity contribution >= 4 is 23.0 Å². The summed E-state index contributed by atoms with van der Waals surface area (Å²) in [5.74, 6) is 0.875. The van der Waals surface area contributed by atoms with E-state index in [1.54, 1.807) is 7.11 Å². The number of ether oxygens (including phenoxy) is 1. The van der Waals surface area contributed by atoms with Crippen LogP contribution in [0.4, 0.5) is 5.69 Å². The quantitative estimate of drug-likeness (QED) is 0.573. The summed E-state index contributed by atoms with van der Waals surface area (Å²) in [7, 11) is 1.69. The van der Waals surface area contributed by atoms with Gasteiger partial charge in [0, 0.05) is 31.9 Å². The zero-order valence-corrected chi connectivity index (χ0v) is 18.7. The molecule has 1 fully saturated rings. The number of benzene rings is 3. The van der Waals surface area contributed by atoms with E-state index in [-0.39, 0.29) is 6.04 Å². The minimum absolute atomic E-state index is 0.120. The average Bonchev–Trinajstić information content (AvgIpc) is 2.85. The molecule has 0 spiro atoms. The third kappa shape index (κ3) is 5.56. The van der Waals surface area contributed by atoms with Crippen LogP contribution in [0.1, 0.15) is 17.2 Å². The second-order valence-electron chi connectivity index (χ2n) is 7.77. The van der Waals surface area contributed by atoms with Crippen molar-refractivity contribution in [2.75, 3.05) is 38.2 Å². The molecule has 160 valence electrons. The topological polar surface area (TPSA) is 27.7 Å². The van der Waals surface area contributed by atoms with Gasteiger partial charge in [-0.05, 0) is 54.0 Å². The fraction of sp³-hybridized carbons (Fsp3) is 0.269. The van der Waals surface area contributed by atoms with Crippen molar-refractivity contribution in [2.24, 2.45) is 0 Å². The van der Waals surface area contributed by atoms with Gasteiger partial charge in [0.05, 0.1) is 13.2 Å². The van der Waals surface area contributed by atoms with Gasteiger partial charge < -0.3 is 19.9 Å². The van der Waals surface area contributed by atoms with Gasteiger partial charge in [0.15, 0.2) is 5.11 Å². The molecular formula is C26H29N3OS. The molecule has 0 bridgehead atoms. The lowest BCUT2D eigenvalue weighted by atomic mass is 9.99. The predicted octanol–water partition coefficient (Wildman–Crippen LogP) is 4.68. The third-order valence-electron chi connectivity index (χ3n) is 5.79. The molecule has 0 amide bonds. The number of rotatable bonds is 6. The molecule has 3 aromatic rings. The maximum Gasteiger partial charge on any atom is 0.169 e. The number of nitrogens with zero attached hydrogens (tertiary/aromatic N) is 2. The molecule has 1 unspecified atom stereocenters. The van der Waals surface area contributed by atoms with Crippen LogP contribution in [0.2, 0.25) is 0 Å². The van der Waals surface area contributed by atoms with E-state index in [9.17, 15) is 0 Å². The number of para-hydroxylation sites is 1. The van der Waals surface area contributed by atoms with Crippen LogP contribution >= 0.6 is 12.2 Å². The second-order valence-corrected chi connectivity index (χ2v) is 8.16. The molecule has 1 atom stereocenters. The number of hydrogen-bond acceptors (Lipinski definition) is 3. The Kier molecular flexibility index (Phi) is 7.05. The lowest BCUT2D eigenvalue weighted by Crippen LogP contribution is -2.52. The third-order valence-corrected chi connectivity index (χ3v) is 6.16. The molecule has 0 radical (unpaired) electrons. The first-order chi connectivity index (χ1) is 15.2. The predicted molar refractivity (Wildman–Crippen MR) is 132 cm³/mol. The van der Waals surface area contributed by atoms with Crippen LogP contribution in [0.15, 0.2) is 84.9 Å². The Morgan fingerprint density at radius 2 is 1.48 bits per heavy atom. The highest BCUT2D eigenvalue weighted by atomic mass is 32.1. The molecule has 1 heterocycles. The van der Waals surface area contributed by atoms with Crippen molar-refractivity contribution in [3.63, 3.8) is 0 Å². The number of hydrogen-bond donors (Lipinski definition) is 1. The Bertz CT molecular complexity index is 955. The highest BCUT2D eigenvalue weighted by Crippen LogP contribution is 2.22. The fourth-order valence-electron chi connectivity index (χ4n) is 3.98. The van der Waals surface area contributed by atoms with Gasteiger partial charge in [0.1, 0.15) is 5.75 Å². The Hall–Kier alpha value is -3.05. The zero-order valence-electron chi connectivity index (χ0n) is 17.9. The summed E-state index contributed by atoms with van der Waals surface area (Å²) in [4.78, 5) is 4.71. The SMILES string of the molecule is COc1ccc(CC(NC(=S)N2CCN(c3ccccc3)CC2)c2ccccc2)cc1. The molecule has 1 aliphatic heterocycles. The van der Waals surface area contributed by atoms with E-state index in [4.69, 9.17) is 17.0 Å². The van der Waals surface area contributed by atoms with Crippen LogP contribution in [0.25, 0.3) is 0 Å². The smallest absolute Gasteiger partial charge is 0.169 e. The summed E-state index contributed by atoms with van der Waals surface area (Å²) in [5, 5.41) is 4.47. The van der Waals surface area contributed by atoms with E-state index >= 15 is 0 Å². The second kappa shape index (κ2) is 10.3. The van der Waals surface area contributed by atoms with Gasteiger partial charge in [-0.1, -0.05) is 60.7 Å². The van der Waals surface area contributed by atoms with Crippen molar-refractivity contribution < 1.29 is 4.74 Å². The van der Waals surface area contributed by atoms with Gasteiger partial charge in [0.2, 0.25) is 0 Å². The number of methoxy groups -OCH3 is 1.